The van der Waals surface area contributed by atoms with Crippen LogP contribution in [0, 0.1) is 11.8 Å². The van der Waals surface area contributed by atoms with Crippen molar-refractivity contribution >= 4 is 5.97 Å². The number of carbonyl (C=O) groups is 1. The van der Waals surface area contributed by atoms with Crippen LogP contribution in [0.3, 0.4) is 0 Å². The van der Waals surface area contributed by atoms with Crippen LogP contribution in [0.2, 0.25) is 0 Å². The van der Waals surface area contributed by atoms with Crippen molar-refractivity contribution in [1.29, 1.82) is 0 Å². The van der Waals surface area contributed by atoms with E-state index >= 15 is 0 Å². The summed E-state index contributed by atoms with van der Waals surface area (Å²) in [6.07, 6.45) is 19.1. The summed E-state index contributed by atoms with van der Waals surface area (Å²) in [5.74, 6) is 5.50. The Bertz CT molecular complexity index is 299. The maximum atomic E-state index is 10.3. The van der Waals surface area contributed by atoms with Gasteiger partial charge in [-0.3, -0.25) is 4.79 Å². The molecule has 128 valence electrons. The third-order valence-corrected chi connectivity index (χ3v) is 3.97. The summed E-state index contributed by atoms with van der Waals surface area (Å²) in [6, 6.07) is 0. The molecule has 0 saturated heterocycles. The minimum absolute atomic E-state index is 0.243. The lowest BCUT2D eigenvalue weighted by Gasteiger charge is -2.01. The van der Waals surface area contributed by atoms with Crippen LogP contribution in [0.15, 0.2) is 0 Å². The monoisotopic (exact) mass is 308 g/mol. The molecule has 0 aliphatic heterocycles. The van der Waals surface area contributed by atoms with E-state index in [9.17, 15) is 4.79 Å². The van der Waals surface area contributed by atoms with Crippen molar-refractivity contribution < 1.29 is 9.90 Å². The second kappa shape index (κ2) is 18.1. The first kappa shape index (κ1) is 21.0. The zero-order valence-electron chi connectivity index (χ0n) is 14.7. The summed E-state index contributed by atoms with van der Waals surface area (Å²) in [7, 11) is 0. The molecule has 0 saturated carbocycles. The highest BCUT2D eigenvalue weighted by molar-refractivity contribution is 5.66. The van der Waals surface area contributed by atoms with Gasteiger partial charge in [-0.15, -0.1) is 11.8 Å². The van der Waals surface area contributed by atoms with Crippen molar-refractivity contribution in [3.63, 3.8) is 0 Å². The van der Waals surface area contributed by atoms with Gasteiger partial charge in [-0.05, 0) is 12.8 Å². The molecular formula is C20H36O2. The van der Waals surface area contributed by atoms with Crippen LogP contribution in [0.4, 0.5) is 0 Å². The Morgan fingerprint density at radius 1 is 0.682 bits per heavy atom. The molecule has 0 aliphatic carbocycles. The summed E-state index contributed by atoms with van der Waals surface area (Å²) >= 11 is 0. The van der Waals surface area contributed by atoms with Crippen LogP contribution in [0.5, 0.6) is 0 Å². The molecule has 22 heavy (non-hydrogen) atoms. The van der Waals surface area contributed by atoms with Crippen molar-refractivity contribution in [3.8, 4) is 11.8 Å². The Balaban J connectivity index is 3.08. The minimum atomic E-state index is -0.720. The minimum Gasteiger partial charge on any atom is -0.481 e. The van der Waals surface area contributed by atoms with Gasteiger partial charge in [0, 0.05) is 19.3 Å². The molecular weight excluding hydrogens is 272 g/mol. The molecule has 0 heterocycles. The summed E-state index contributed by atoms with van der Waals surface area (Å²) in [5.41, 5.74) is 0. The topological polar surface area (TPSA) is 37.3 Å². The van der Waals surface area contributed by atoms with E-state index in [0.29, 0.717) is 6.42 Å². The summed E-state index contributed by atoms with van der Waals surface area (Å²) in [6.45, 7) is 2.27. The molecule has 0 unspecified atom stereocenters. The van der Waals surface area contributed by atoms with Gasteiger partial charge in [-0.25, -0.2) is 0 Å². The third-order valence-electron chi connectivity index (χ3n) is 3.97. The molecule has 0 aromatic carbocycles. The molecule has 0 radical (unpaired) electrons. The zero-order valence-corrected chi connectivity index (χ0v) is 14.7. The first-order valence-corrected chi connectivity index (χ1v) is 9.45. The van der Waals surface area contributed by atoms with E-state index in [0.717, 1.165) is 12.8 Å². The highest BCUT2D eigenvalue weighted by Gasteiger charge is 1.94. The Morgan fingerprint density at radius 3 is 1.55 bits per heavy atom. The molecule has 0 rings (SSSR count). The number of hydrogen-bond donors (Lipinski definition) is 1. The highest BCUT2D eigenvalue weighted by Crippen LogP contribution is 2.12. The number of unbranched alkanes of at least 4 members (excludes halogenated alkanes) is 13. The average molecular weight is 309 g/mol. The Labute approximate surface area is 138 Å². The second-order valence-electron chi connectivity index (χ2n) is 6.24. The van der Waals surface area contributed by atoms with Gasteiger partial charge in [0.1, 0.15) is 0 Å². The van der Waals surface area contributed by atoms with E-state index in [2.05, 4.69) is 18.8 Å². The molecule has 2 nitrogen and oxygen atoms in total. The fourth-order valence-electron chi connectivity index (χ4n) is 2.56. The maximum Gasteiger partial charge on any atom is 0.303 e. The lowest BCUT2D eigenvalue weighted by atomic mass is 10.0. The van der Waals surface area contributed by atoms with Crippen molar-refractivity contribution in [3.05, 3.63) is 0 Å². The summed E-state index contributed by atoms with van der Waals surface area (Å²) < 4.78 is 0. The number of rotatable bonds is 15. The Hall–Kier alpha value is -0.970. The Kier molecular flexibility index (Phi) is 17.3. The molecule has 0 atom stereocenters. The molecule has 2 heteroatoms. The molecule has 0 aromatic rings. The van der Waals surface area contributed by atoms with E-state index in [-0.39, 0.29) is 6.42 Å². The fraction of sp³-hybridized carbons (Fsp3) is 0.850. The lowest BCUT2D eigenvalue weighted by molar-refractivity contribution is -0.137. The van der Waals surface area contributed by atoms with Crippen LogP contribution in [-0.2, 0) is 4.79 Å². The molecule has 1 N–H and O–H groups in total. The van der Waals surface area contributed by atoms with E-state index in [1.807, 2.05) is 0 Å². The fourth-order valence-corrected chi connectivity index (χ4v) is 2.56. The molecule has 0 aliphatic rings. The standard InChI is InChI=1S/C20H36O2/c1-2-3-4-5-6-7-8-9-10-11-12-13-14-15-16-17-18-19-20(21)22/h2-14,17-19H2,1H3,(H,21,22). The van der Waals surface area contributed by atoms with Crippen molar-refractivity contribution in [1.82, 2.24) is 0 Å². The number of carboxylic acid groups (broad SMARTS) is 1. The smallest absolute Gasteiger partial charge is 0.303 e. The van der Waals surface area contributed by atoms with Crippen LogP contribution in [0.25, 0.3) is 0 Å². The van der Waals surface area contributed by atoms with Gasteiger partial charge in [0.05, 0.1) is 0 Å². The summed E-state index contributed by atoms with van der Waals surface area (Å²) in [5, 5.41) is 8.49. The molecule has 0 spiro atoms. The van der Waals surface area contributed by atoms with Crippen molar-refractivity contribution in [2.24, 2.45) is 0 Å². The molecule has 0 fully saturated rings. The van der Waals surface area contributed by atoms with Crippen LogP contribution >= 0.6 is 0 Å². The zero-order chi connectivity index (χ0) is 16.3. The predicted octanol–water partition coefficient (Wildman–Crippen LogP) is 6.34. The van der Waals surface area contributed by atoms with E-state index < -0.39 is 5.97 Å². The van der Waals surface area contributed by atoms with Crippen molar-refractivity contribution in [2.75, 3.05) is 0 Å². The Morgan fingerprint density at radius 2 is 1.09 bits per heavy atom. The largest absolute Gasteiger partial charge is 0.481 e. The SMILES string of the molecule is CCCCCCCCCCCCCCC#CCCCC(=O)O. The van der Waals surface area contributed by atoms with E-state index in [4.69, 9.17) is 5.11 Å². The molecule has 0 aromatic heterocycles. The maximum absolute atomic E-state index is 10.3. The van der Waals surface area contributed by atoms with Gasteiger partial charge in [-0.1, -0.05) is 77.6 Å². The normalized spacial score (nSPS) is 10.2. The molecule has 0 amide bonds. The van der Waals surface area contributed by atoms with Crippen molar-refractivity contribution in [2.45, 2.75) is 110 Å². The van der Waals surface area contributed by atoms with E-state index in [1.165, 1.54) is 77.0 Å². The summed E-state index contributed by atoms with van der Waals surface area (Å²) in [4.78, 5) is 10.3. The quantitative estimate of drug-likeness (QED) is 0.283. The van der Waals surface area contributed by atoms with Gasteiger partial charge in [0.2, 0.25) is 0 Å². The lowest BCUT2D eigenvalue weighted by Crippen LogP contribution is -1.92. The number of carboxylic acids is 1. The first-order chi connectivity index (χ1) is 10.8. The second-order valence-corrected chi connectivity index (χ2v) is 6.24. The number of aliphatic carboxylic acids is 1. The highest BCUT2D eigenvalue weighted by atomic mass is 16.4. The van der Waals surface area contributed by atoms with E-state index in [1.54, 1.807) is 0 Å². The van der Waals surface area contributed by atoms with Gasteiger partial charge >= 0.3 is 5.97 Å². The molecule has 0 bridgehead atoms. The van der Waals surface area contributed by atoms with Crippen LogP contribution < -0.4 is 0 Å². The number of hydrogen-bond acceptors (Lipinski definition) is 1. The van der Waals surface area contributed by atoms with Gasteiger partial charge in [-0.2, -0.15) is 0 Å². The van der Waals surface area contributed by atoms with Gasteiger partial charge < -0.3 is 5.11 Å². The van der Waals surface area contributed by atoms with Gasteiger partial charge in [0.25, 0.3) is 0 Å². The third kappa shape index (κ3) is 19.0. The first-order valence-electron chi connectivity index (χ1n) is 9.45. The van der Waals surface area contributed by atoms with Gasteiger partial charge in [0.15, 0.2) is 0 Å². The predicted molar refractivity (Wildman–Crippen MR) is 95.0 cm³/mol. The van der Waals surface area contributed by atoms with Crippen LogP contribution in [0.1, 0.15) is 110 Å². The average Bonchev–Trinajstić information content (AvgIpc) is 2.50. The van der Waals surface area contributed by atoms with Crippen LogP contribution in [-0.4, -0.2) is 11.1 Å².